The molecule has 0 aliphatic carbocycles. The van der Waals surface area contributed by atoms with Gasteiger partial charge in [0.25, 0.3) is 5.91 Å². The van der Waals surface area contributed by atoms with Gasteiger partial charge in [-0.2, -0.15) is 0 Å². The third-order valence-corrected chi connectivity index (χ3v) is 3.09. The van der Waals surface area contributed by atoms with Gasteiger partial charge in [0.1, 0.15) is 0 Å². The minimum Gasteiger partial charge on any atom is -0.504 e. The lowest BCUT2D eigenvalue weighted by Gasteiger charge is -2.23. The number of para-hydroxylation sites is 1. The van der Waals surface area contributed by atoms with Gasteiger partial charge in [-0.1, -0.05) is 6.07 Å². The molecule has 0 aromatic heterocycles. The quantitative estimate of drug-likeness (QED) is 0.661. The van der Waals surface area contributed by atoms with E-state index in [2.05, 4.69) is 0 Å². The number of hydrogen-bond donors (Lipinski definition) is 3. The Hall–Kier alpha value is -1.75. The molecule has 5 heteroatoms. The Bertz CT molecular complexity index is 433. The number of nitrogens with zero attached hydrogens (tertiary/aromatic N) is 1. The molecule has 5 nitrogen and oxygen atoms in total. The van der Waals surface area contributed by atoms with Gasteiger partial charge in [0.2, 0.25) is 0 Å². The number of aliphatic hydroxyl groups excluding tert-OH is 1. The van der Waals surface area contributed by atoms with Gasteiger partial charge < -0.3 is 20.2 Å². The Kier molecular flexibility index (Phi) is 3.19. The SMILES string of the molecule is O=C(c1cccc(O)c1O)N1CCC[C@@H]1CO. The Morgan fingerprint density at radius 1 is 1.41 bits per heavy atom. The maximum absolute atomic E-state index is 12.1. The first-order valence-corrected chi connectivity index (χ1v) is 5.58. The molecule has 92 valence electrons. The molecular formula is C12H15NO4. The summed E-state index contributed by atoms with van der Waals surface area (Å²) in [4.78, 5) is 13.7. The van der Waals surface area contributed by atoms with Crippen molar-refractivity contribution >= 4 is 5.91 Å². The van der Waals surface area contributed by atoms with Gasteiger partial charge in [0.15, 0.2) is 11.5 Å². The molecule has 1 aliphatic heterocycles. The number of benzene rings is 1. The molecule has 0 spiro atoms. The van der Waals surface area contributed by atoms with Crippen molar-refractivity contribution in [3.63, 3.8) is 0 Å². The smallest absolute Gasteiger partial charge is 0.258 e. The van der Waals surface area contributed by atoms with E-state index >= 15 is 0 Å². The van der Waals surface area contributed by atoms with Crippen LogP contribution in [0.3, 0.4) is 0 Å². The summed E-state index contributed by atoms with van der Waals surface area (Å²) in [7, 11) is 0. The average Bonchev–Trinajstić information content (AvgIpc) is 2.80. The zero-order chi connectivity index (χ0) is 12.4. The van der Waals surface area contributed by atoms with Crippen molar-refractivity contribution < 1.29 is 20.1 Å². The minimum absolute atomic E-state index is 0.0744. The lowest BCUT2D eigenvalue weighted by Crippen LogP contribution is -2.37. The Morgan fingerprint density at radius 3 is 2.88 bits per heavy atom. The monoisotopic (exact) mass is 237 g/mol. The van der Waals surface area contributed by atoms with Crippen molar-refractivity contribution in [2.75, 3.05) is 13.2 Å². The number of phenols is 2. The molecule has 1 fully saturated rings. The fourth-order valence-corrected chi connectivity index (χ4v) is 2.15. The molecule has 0 unspecified atom stereocenters. The molecule has 17 heavy (non-hydrogen) atoms. The van der Waals surface area contributed by atoms with Crippen LogP contribution in [-0.2, 0) is 0 Å². The summed E-state index contributed by atoms with van der Waals surface area (Å²) in [5.41, 5.74) is 0.0744. The summed E-state index contributed by atoms with van der Waals surface area (Å²) >= 11 is 0. The van der Waals surface area contributed by atoms with Gasteiger partial charge in [0, 0.05) is 6.54 Å². The maximum Gasteiger partial charge on any atom is 0.258 e. The van der Waals surface area contributed by atoms with Crippen LogP contribution in [0.1, 0.15) is 23.2 Å². The number of carbonyl (C=O) groups excluding carboxylic acids is 1. The molecule has 1 amide bonds. The van der Waals surface area contributed by atoms with E-state index in [-0.39, 0.29) is 29.9 Å². The second-order valence-electron chi connectivity index (χ2n) is 4.15. The van der Waals surface area contributed by atoms with Crippen molar-refractivity contribution in [2.45, 2.75) is 18.9 Å². The predicted octanol–water partition coefficient (Wildman–Crippen LogP) is 0.695. The second kappa shape index (κ2) is 4.63. The van der Waals surface area contributed by atoms with Crippen LogP contribution < -0.4 is 0 Å². The first-order valence-electron chi connectivity index (χ1n) is 5.58. The van der Waals surface area contributed by atoms with Crippen molar-refractivity contribution in [1.82, 2.24) is 4.90 Å². The van der Waals surface area contributed by atoms with Crippen LogP contribution in [0.25, 0.3) is 0 Å². The molecule has 1 atom stereocenters. The lowest BCUT2D eigenvalue weighted by atomic mass is 10.1. The topological polar surface area (TPSA) is 81.0 Å². The molecule has 1 saturated heterocycles. The molecule has 1 aromatic rings. The molecule has 3 N–H and O–H groups in total. The molecule has 0 bridgehead atoms. The summed E-state index contributed by atoms with van der Waals surface area (Å²) in [5.74, 6) is -1.06. The van der Waals surface area contributed by atoms with Crippen LogP contribution in [0.4, 0.5) is 0 Å². The molecule has 0 radical (unpaired) electrons. The standard InChI is InChI=1S/C12H15NO4/c14-7-8-3-2-6-13(8)12(17)9-4-1-5-10(15)11(9)16/h1,4-5,8,14-16H,2-3,6-7H2/t8-/m1/s1. The average molecular weight is 237 g/mol. The van der Waals surface area contributed by atoms with E-state index in [1.165, 1.54) is 23.1 Å². The summed E-state index contributed by atoms with van der Waals surface area (Å²) in [6.45, 7) is 0.491. The minimum atomic E-state index is -0.402. The molecule has 1 heterocycles. The van der Waals surface area contributed by atoms with E-state index in [0.717, 1.165) is 12.8 Å². The fourth-order valence-electron chi connectivity index (χ4n) is 2.15. The van der Waals surface area contributed by atoms with Gasteiger partial charge in [-0.25, -0.2) is 0 Å². The zero-order valence-electron chi connectivity index (χ0n) is 9.33. The first-order chi connectivity index (χ1) is 8.15. The third kappa shape index (κ3) is 2.06. The molecule has 2 rings (SSSR count). The Morgan fingerprint density at radius 2 is 2.18 bits per heavy atom. The molecular weight excluding hydrogens is 222 g/mol. The van der Waals surface area contributed by atoms with Crippen LogP contribution in [0.2, 0.25) is 0 Å². The molecule has 1 aliphatic rings. The summed E-state index contributed by atoms with van der Waals surface area (Å²) < 4.78 is 0. The van der Waals surface area contributed by atoms with Crippen molar-refractivity contribution in [3.05, 3.63) is 23.8 Å². The number of aromatic hydroxyl groups is 2. The third-order valence-electron chi connectivity index (χ3n) is 3.09. The number of carbonyl (C=O) groups is 1. The summed E-state index contributed by atoms with van der Waals surface area (Å²) in [5, 5.41) is 28.1. The van der Waals surface area contributed by atoms with Crippen molar-refractivity contribution in [3.8, 4) is 11.5 Å². The maximum atomic E-state index is 12.1. The van der Waals surface area contributed by atoms with E-state index in [1.54, 1.807) is 0 Å². The van der Waals surface area contributed by atoms with E-state index in [1.807, 2.05) is 0 Å². The number of aliphatic hydroxyl groups is 1. The lowest BCUT2D eigenvalue weighted by molar-refractivity contribution is 0.0674. The first kappa shape index (κ1) is 11.7. The number of rotatable bonds is 2. The van der Waals surface area contributed by atoms with Crippen molar-refractivity contribution in [1.29, 1.82) is 0 Å². The zero-order valence-corrected chi connectivity index (χ0v) is 9.33. The van der Waals surface area contributed by atoms with E-state index in [0.29, 0.717) is 6.54 Å². The highest BCUT2D eigenvalue weighted by Gasteiger charge is 2.30. The van der Waals surface area contributed by atoms with Gasteiger partial charge in [-0.3, -0.25) is 4.79 Å². The van der Waals surface area contributed by atoms with E-state index < -0.39 is 5.75 Å². The van der Waals surface area contributed by atoms with Crippen LogP contribution in [0.5, 0.6) is 11.5 Å². The van der Waals surface area contributed by atoms with Crippen LogP contribution >= 0.6 is 0 Å². The van der Waals surface area contributed by atoms with Gasteiger partial charge in [-0.05, 0) is 25.0 Å². The highest BCUT2D eigenvalue weighted by atomic mass is 16.3. The normalized spacial score (nSPS) is 19.6. The predicted molar refractivity (Wildman–Crippen MR) is 60.9 cm³/mol. The molecule has 1 aromatic carbocycles. The summed E-state index contributed by atoms with van der Waals surface area (Å²) in [6, 6.07) is 4.10. The van der Waals surface area contributed by atoms with Crippen LogP contribution in [0, 0.1) is 0 Å². The molecule has 0 saturated carbocycles. The second-order valence-corrected chi connectivity index (χ2v) is 4.15. The fraction of sp³-hybridized carbons (Fsp3) is 0.417. The summed E-state index contributed by atoms with van der Waals surface area (Å²) in [6.07, 6.45) is 1.61. The van der Waals surface area contributed by atoms with Crippen molar-refractivity contribution in [2.24, 2.45) is 0 Å². The number of likely N-dealkylation sites (tertiary alicyclic amines) is 1. The van der Waals surface area contributed by atoms with Gasteiger partial charge in [0.05, 0.1) is 18.2 Å². The van der Waals surface area contributed by atoms with E-state index in [9.17, 15) is 15.0 Å². The van der Waals surface area contributed by atoms with E-state index in [4.69, 9.17) is 5.11 Å². The number of amides is 1. The van der Waals surface area contributed by atoms with Gasteiger partial charge in [-0.15, -0.1) is 0 Å². The Labute approximate surface area is 98.9 Å². The van der Waals surface area contributed by atoms with Crippen LogP contribution in [-0.4, -0.2) is 45.3 Å². The highest BCUT2D eigenvalue weighted by Crippen LogP contribution is 2.30. The highest BCUT2D eigenvalue weighted by molar-refractivity contribution is 5.98. The van der Waals surface area contributed by atoms with Gasteiger partial charge >= 0.3 is 0 Å². The number of hydrogen-bond acceptors (Lipinski definition) is 4. The Balaban J connectivity index is 2.28. The number of phenolic OH excluding ortho intramolecular Hbond substituents is 2. The largest absolute Gasteiger partial charge is 0.504 e. The van der Waals surface area contributed by atoms with Crippen LogP contribution in [0.15, 0.2) is 18.2 Å².